The number of amides is 1. The van der Waals surface area contributed by atoms with E-state index in [0.29, 0.717) is 35.6 Å². The third kappa shape index (κ3) is 6.57. The highest BCUT2D eigenvalue weighted by molar-refractivity contribution is 5.97. The molecule has 0 aromatic heterocycles. The monoisotopic (exact) mass is 458 g/mol. The average Bonchev–Trinajstić information content (AvgIpc) is 2.80. The predicted octanol–water partition coefficient (Wildman–Crippen LogP) is 4.64. The summed E-state index contributed by atoms with van der Waals surface area (Å²) in [7, 11) is 0. The summed E-state index contributed by atoms with van der Waals surface area (Å²) in [5, 5.41) is 11.8. The van der Waals surface area contributed by atoms with Crippen molar-refractivity contribution in [2.24, 2.45) is 5.73 Å². The fourth-order valence-corrected chi connectivity index (χ4v) is 3.01. The van der Waals surface area contributed by atoms with Crippen LogP contribution in [0.25, 0.3) is 11.1 Å². The number of benzene rings is 3. The number of alkyl halides is 3. The summed E-state index contributed by atoms with van der Waals surface area (Å²) in [4.78, 5) is 12.0. The minimum absolute atomic E-state index is 0.403. The molecule has 0 aliphatic heterocycles. The van der Waals surface area contributed by atoms with Crippen LogP contribution in [0.4, 0.5) is 18.9 Å². The van der Waals surface area contributed by atoms with Crippen molar-refractivity contribution in [3.8, 4) is 16.9 Å². The summed E-state index contributed by atoms with van der Waals surface area (Å²) >= 11 is 0. The zero-order valence-corrected chi connectivity index (χ0v) is 18.0. The van der Waals surface area contributed by atoms with Gasteiger partial charge in [0, 0.05) is 12.1 Å². The smallest absolute Gasteiger partial charge is 0.416 e. The van der Waals surface area contributed by atoms with Crippen molar-refractivity contribution in [3.63, 3.8) is 0 Å². The first-order chi connectivity index (χ1) is 15.6. The number of carbonyl (C=O) groups is 1. The standard InChI is InChI=1S/C25H25F3N2O3/c1-24(29,16-31)23(32)30-21-9-11-22(12-10-21)33-14-13-17-5-7-18(8-6-17)19-3-2-4-20(15-19)25(26,27)28/h2-12,15,31H,13-14,16,29H2,1H3,(H,30,32)/t24-/m0/s1. The van der Waals surface area contributed by atoms with Crippen LogP contribution in [0.2, 0.25) is 0 Å². The van der Waals surface area contributed by atoms with E-state index in [2.05, 4.69) is 5.32 Å². The van der Waals surface area contributed by atoms with Crippen molar-refractivity contribution in [2.45, 2.75) is 25.1 Å². The molecule has 0 heterocycles. The van der Waals surface area contributed by atoms with Gasteiger partial charge in [-0.15, -0.1) is 0 Å². The van der Waals surface area contributed by atoms with Gasteiger partial charge in [-0.05, 0) is 60.0 Å². The molecule has 3 rings (SSSR count). The Morgan fingerprint density at radius 1 is 1.00 bits per heavy atom. The Morgan fingerprint density at radius 2 is 1.67 bits per heavy atom. The van der Waals surface area contributed by atoms with E-state index in [1.165, 1.54) is 13.0 Å². The SMILES string of the molecule is C[C@](N)(CO)C(=O)Nc1ccc(OCCc2ccc(-c3cccc(C(F)(F)F)c3)cc2)cc1. The first-order valence-electron chi connectivity index (χ1n) is 10.3. The van der Waals surface area contributed by atoms with Crippen LogP contribution in [0.5, 0.6) is 5.75 Å². The summed E-state index contributed by atoms with van der Waals surface area (Å²) in [5.74, 6) is 0.124. The second kappa shape index (κ2) is 10.1. The second-order valence-electron chi connectivity index (χ2n) is 7.93. The maximum absolute atomic E-state index is 12.9. The molecule has 0 fully saturated rings. The van der Waals surface area contributed by atoms with Crippen LogP contribution in [0.15, 0.2) is 72.8 Å². The van der Waals surface area contributed by atoms with Gasteiger partial charge in [-0.3, -0.25) is 4.79 Å². The maximum atomic E-state index is 12.9. The number of anilines is 1. The van der Waals surface area contributed by atoms with Gasteiger partial charge in [-0.25, -0.2) is 0 Å². The quantitative estimate of drug-likeness (QED) is 0.459. The van der Waals surface area contributed by atoms with E-state index in [4.69, 9.17) is 15.6 Å². The lowest BCUT2D eigenvalue weighted by atomic mass is 10.0. The number of nitrogens with two attached hydrogens (primary N) is 1. The van der Waals surface area contributed by atoms with Crippen molar-refractivity contribution in [2.75, 3.05) is 18.5 Å². The fraction of sp³-hybridized carbons (Fsp3) is 0.240. The zero-order chi connectivity index (χ0) is 24.1. The summed E-state index contributed by atoms with van der Waals surface area (Å²) in [6.07, 6.45) is -3.76. The third-order valence-electron chi connectivity index (χ3n) is 5.10. The third-order valence-corrected chi connectivity index (χ3v) is 5.10. The lowest BCUT2D eigenvalue weighted by Crippen LogP contribution is -2.51. The molecule has 0 unspecified atom stereocenters. The molecule has 0 spiro atoms. The van der Waals surface area contributed by atoms with Crippen LogP contribution in [0.3, 0.4) is 0 Å². The Bertz CT molecular complexity index is 1080. The molecule has 5 nitrogen and oxygen atoms in total. The molecule has 0 aliphatic carbocycles. The lowest BCUT2D eigenvalue weighted by molar-refractivity contribution is -0.137. The van der Waals surface area contributed by atoms with Gasteiger partial charge in [0.25, 0.3) is 0 Å². The summed E-state index contributed by atoms with van der Waals surface area (Å²) < 4.78 is 44.5. The zero-order valence-electron chi connectivity index (χ0n) is 18.0. The van der Waals surface area contributed by atoms with Crippen LogP contribution in [-0.2, 0) is 17.4 Å². The molecule has 33 heavy (non-hydrogen) atoms. The number of hydrogen-bond acceptors (Lipinski definition) is 4. The second-order valence-corrected chi connectivity index (χ2v) is 7.93. The normalized spacial score (nSPS) is 13.3. The van der Waals surface area contributed by atoms with E-state index in [1.54, 1.807) is 42.5 Å². The number of rotatable bonds is 8. The number of hydrogen-bond donors (Lipinski definition) is 3. The van der Waals surface area contributed by atoms with Crippen LogP contribution in [0, 0.1) is 0 Å². The maximum Gasteiger partial charge on any atom is 0.416 e. The molecule has 0 bridgehead atoms. The molecule has 0 aliphatic rings. The van der Waals surface area contributed by atoms with Gasteiger partial charge in [0.15, 0.2) is 0 Å². The Balaban J connectivity index is 1.53. The Hall–Kier alpha value is -3.36. The Morgan fingerprint density at radius 3 is 2.27 bits per heavy atom. The summed E-state index contributed by atoms with van der Waals surface area (Å²) in [6.45, 7) is 1.37. The van der Waals surface area contributed by atoms with E-state index in [9.17, 15) is 18.0 Å². The Labute approximate surface area is 190 Å². The minimum Gasteiger partial charge on any atom is -0.493 e. The van der Waals surface area contributed by atoms with E-state index in [1.807, 2.05) is 12.1 Å². The number of carbonyl (C=O) groups excluding carboxylic acids is 1. The number of nitrogens with one attached hydrogen (secondary N) is 1. The molecular weight excluding hydrogens is 433 g/mol. The van der Waals surface area contributed by atoms with Crippen LogP contribution >= 0.6 is 0 Å². The first kappa shape index (κ1) is 24.3. The molecule has 0 radical (unpaired) electrons. The van der Waals surface area contributed by atoms with Gasteiger partial charge in [0.1, 0.15) is 11.3 Å². The highest BCUT2D eigenvalue weighted by Crippen LogP contribution is 2.32. The molecule has 3 aromatic rings. The van der Waals surface area contributed by atoms with Gasteiger partial charge >= 0.3 is 6.18 Å². The molecular formula is C25H25F3N2O3. The average molecular weight is 458 g/mol. The number of halogens is 3. The molecule has 1 atom stereocenters. The van der Waals surface area contributed by atoms with Crippen molar-refractivity contribution in [1.82, 2.24) is 0 Å². The fourth-order valence-electron chi connectivity index (χ4n) is 3.01. The van der Waals surface area contributed by atoms with Crippen molar-refractivity contribution in [3.05, 3.63) is 83.9 Å². The topological polar surface area (TPSA) is 84.6 Å². The van der Waals surface area contributed by atoms with Gasteiger partial charge in [0.05, 0.1) is 18.8 Å². The largest absolute Gasteiger partial charge is 0.493 e. The van der Waals surface area contributed by atoms with Crippen molar-refractivity contribution in [1.29, 1.82) is 0 Å². The van der Waals surface area contributed by atoms with Crippen molar-refractivity contribution >= 4 is 11.6 Å². The minimum atomic E-state index is -4.37. The van der Waals surface area contributed by atoms with Gasteiger partial charge in [-0.1, -0.05) is 36.4 Å². The summed E-state index contributed by atoms with van der Waals surface area (Å²) in [5.41, 5.74) is 6.38. The van der Waals surface area contributed by atoms with Crippen LogP contribution in [-0.4, -0.2) is 29.8 Å². The van der Waals surface area contributed by atoms with Crippen molar-refractivity contribution < 1.29 is 27.8 Å². The van der Waals surface area contributed by atoms with E-state index in [0.717, 1.165) is 17.7 Å². The number of aliphatic hydroxyl groups is 1. The molecule has 8 heteroatoms. The number of ether oxygens (including phenoxy) is 1. The van der Waals surface area contributed by atoms with Crippen LogP contribution in [0.1, 0.15) is 18.1 Å². The van der Waals surface area contributed by atoms with Gasteiger partial charge < -0.3 is 20.9 Å². The highest BCUT2D eigenvalue weighted by Gasteiger charge is 2.30. The van der Waals surface area contributed by atoms with E-state index in [-0.39, 0.29) is 0 Å². The van der Waals surface area contributed by atoms with E-state index < -0.39 is 29.8 Å². The van der Waals surface area contributed by atoms with Crippen LogP contribution < -0.4 is 15.8 Å². The molecule has 174 valence electrons. The van der Waals surface area contributed by atoms with E-state index >= 15 is 0 Å². The lowest BCUT2D eigenvalue weighted by Gasteiger charge is -2.20. The molecule has 3 aromatic carbocycles. The summed E-state index contributed by atoms with van der Waals surface area (Å²) in [6, 6.07) is 19.3. The molecule has 0 saturated heterocycles. The number of aliphatic hydroxyl groups excluding tert-OH is 1. The highest BCUT2D eigenvalue weighted by atomic mass is 19.4. The molecule has 1 amide bonds. The molecule has 4 N–H and O–H groups in total. The predicted molar refractivity (Wildman–Crippen MR) is 121 cm³/mol. The first-order valence-corrected chi connectivity index (χ1v) is 10.3. The van der Waals surface area contributed by atoms with Gasteiger partial charge in [0.2, 0.25) is 5.91 Å². The molecule has 0 saturated carbocycles. The Kier molecular flexibility index (Phi) is 7.40. The van der Waals surface area contributed by atoms with Gasteiger partial charge in [-0.2, -0.15) is 13.2 Å².